The van der Waals surface area contributed by atoms with Crippen LogP contribution < -0.4 is 10.6 Å². The molecule has 1 aliphatic rings. The van der Waals surface area contributed by atoms with Crippen LogP contribution in [0.15, 0.2) is 48.5 Å². The molecule has 1 aromatic heterocycles. The van der Waals surface area contributed by atoms with E-state index in [2.05, 4.69) is 20.4 Å². The van der Waals surface area contributed by atoms with Gasteiger partial charge in [0.1, 0.15) is 11.7 Å². The predicted octanol–water partition coefficient (Wildman–Crippen LogP) is 0.916. The number of esters is 1. The third kappa shape index (κ3) is 7.65. The van der Waals surface area contributed by atoms with Crippen molar-refractivity contribution >= 4 is 30.9 Å². The lowest BCUT2D eigenvalue weighted by Crippen LogP contribution is -2.58. The molecule has 1 aromatic carbocycles. The van der Waals surface area contributed by atoms with Gasteiger partial charge in [-0.2, -0.15) is 0 Å². The third-order valence-corrected chi connectivity index (χ3v) is 6.19. The largest absolute Gasteiger partial charge is 0.552 e. The van der Waals surface area contributed by atoms with Crippen LogP contribution >= 0.6 is 0 Å². The first-order valence-electron chi connectivity index (χ1n) is 12.8. The van der Waals surface area contributed by atoms with Crippen molar-refractivity contribution in [3.05, 3.63) is 54.2 Å². The van der Waals surface area contributed by atoms with Gasteiger partial charge in [-0.25, -0.2) is 9.78 Å². The molecule has 0 unspecified atom stereocenters. The smallest absolute Gasteiger partial charge is 0.506 e. The molecule has 2 amide bonds. The molecule has 0 bridgehead atoms. The van der Waals surface area contributed by atoms with Gasteiger partial charge in [-0.15, -0.1) is 0 Å². The van der Waals surface area contributed by atoms with Crippen molar-refractivity contribution in [1.29, 1.82) is 0 Å². The number of nitrogens with zero attached hydrogens (tertiary/aromatic N) is 1. The van der Waals surface area contributed by atoms with Gasteiger partial charge < -0.3 is 34.5 Å². The van der Waals surface area contributed by atoms with Crippen molar-refractivity contribution in [2.24, 2.45) is 5.92 Å². The zero-order chi connectivity index (χ0) is 29.4. The average Bonchev–Trinajstić information content (AvgIpc) is 3.32. The second kappa shape index (κ2) is 14.0. The number of amides is 2. The van der Waals surface area contributed by atoms with Crippen LogP contribution in [0.2, 0.25) is 0 Å². The topological polar surface area (TPSA) is 162 Å². The highest BCUT2D eigenvalue weighted by atomic mass is 16.7. The van der Waals surface area contributed by atoms with E-state index in [9.17, 15) is 24.3 Å². The summed E-state index contributed by atoms with van der Waals surface area (Å²) in [5, 5.41) is 15.6. The predicted molar refractivity (Wildman–Crippen MR) is 144 cm³/mol. The minimum Gasteiger partial charge on any atom is -0.506 e. The van der Waals surface area contributed by atoms with E-state index in [0.717, 1.165) is 12.7 Å². The van der Waals surface area contributed by atoms with Gasteiger partial charge >= 0.3 is 19.1 Å². The molecule has 0 aliphatic carbocycles. The minimum absolute atomic E-state index is 0.0231. The maximum atomic E-state index is 13.3. The fourth-order valence-electron chi connectivity index (χ4n) is 4.21. The highest BCUT2D eigenvalue weighted by molar-refractivity contribution is 6.51. The summed E-state index contributed by atoms with van der Waals surface area (Å²) in [6.45, 7) is 5.13. The Morgan fingerprint density at radius 3 is 2.35 bits per heavy atom. The normalized spacial score (nSPS) is 17.9. The SMILES string of the molecule is COC(=O)[C@H](OC)[C@H]1OB([C@H](CC(C)C)NC(=O)[C@@H](NC(=O)c2cccc(-c3ccccc3)n2)[C@@H](C)O)OC1=O. The van der Waals surface area contributed by atoms with Crippen molar-refractivity contribution < 1.29 is 43.1 Å². The fourth-order valence-corrected chi connectivity index (χ4v) is 4.21. The van der Waals surface area contributed by atoms with Crippen LogP contribution in [0.4, 0.5) is 0 Å². The Balaban J connectivity index is 1.75. The van der Waals surface area contributed by atoms with Crippen LogP contribution in [0, 0.1) is 5.92 Å². The molecular formula is C27H34BN3O9. The molecule has 1 fully saturated rings. The van der Waals surface area contributed by atoms with E-state index in [1.165, 1.54) is 20.1 Å². The Labute approximate surface area is 232 Å². The molecule has 5 atom stereocenters. The highest BCUT2D eigenvalue weighted by Gasteiger charge is 2.51. The molecular weight excluding hydrogens is 521 g/mol. The molecule has 1 saturated heterocycles. The van der Waals surface area contributed by atoms with E-state index in [1.54, 1.807) is 12.1 Å². The van der Waals surface area contributed by atoms with Crippen molar-refractivity contribution in [1.82, 2.24) is 15.6 Å². The number of methoxy groups -OCH3 is 2. The molecule has 0 radical (unpaired) electrons. The molecule has 2 heterocycles. The molecule has 40 heavy (non-hydrogen) atoms. The van der Waals surface area contributed by atoms with Gasteiger partial charge in [-0.1, -0.05) is 50.2 Å². The Hall–Kier alpha value is -3.81. The first-order valence-corrected chi connectivity index (χ1v) is 12.8. The van der Waals surface area contributed by atoms with Crippen LogP contribution in [0.25, 0.3) is 11.3 Å². The van der Waals surface area contributed by atoms with E-state index in [1.807, 2.05) is 44.2 Å². The van der Waals surface area contributed by atoms with Gasteiger partial charge in [-0.05, 0) is 31.4 Å². The Kier molecular flexibility index (Phi) is 10.8. The number of carbonyl (C=O) groups excluding carboxylic acids is 4. The number of nitrogens with one attached hydrogen (secondary N) is 2. The van der Waals surface area contributed by atoms with Gasteiger partial charge in [0.05, 0.1) is 24.8 Å². The monoisotopic (exact) mass is 555 g/mol. The lowest BCUT2D eigenvalue weighted by atomic mass is 9.74. The summed E-state index contributed by atoms with van der Waals surface area (Å²) in [7, 11) is 1.12. The molecule has 1 aliphatic heterocycles. The number of ether oxygens (including phenoxy) is 2. The Morgan fingerprint density at radius 1 is 1.05 bits per heavy atom. The van der Waals surface area contributed by atoms with Crippen LogP contribution in [0.1, 0.15) is 37.7 Å². The summed E-state index contributed by atoms with van der Waals surface area (Å²) in [4.78, 5) is 55.2. The molecule has 2 aromatic rings. The van der Waals surface area contributed by atoms with Gasteiger partial charge in [-0.3, -0.25) is 14.4 Å². The summed E-state index contributed by atoms with van der Waals surface area (Å²) in [6.07, 6.45) is -3.73. The highest BCUT2D eigenvalue weighted by Crippen LogP contribution is 2.22. The van der Waals surface area contributed by atoms with Gasteiger partial charge in [0.25, 0.3) is 5.91 Å². The standard InChI is InChI=1S/C27H34BN3O9/c1-15(2)14-20(28-39-23(27(36)40-28)22(37-4)26(35)38-5)30-25(34)21(16(3)32)31-24(33)19-13-9-12-18(29-19)17-10-7-6-8-11-17/h6-13,15-16,20-23,32H,14H2,1-5H3,(H,30,34)(H,31,33)/t16-,20+,21+,22-,23-/m1/s1. The summed E-state index contributed by atoms with van der Waals surface area (Å²) in [5.74, 6) is -3.91. The summed E-state index contributed by atoms with van der Waals surface area (Å²) in [5.41, 5.74) is 1.44. The molecule has 214 valence electrons. The first kappa shape index (κ1) is 30.7. The van der Waals surface area contributed by atoms with Gasteiger partial charge in [0.15, 0.2) is 12.2 Å². The Morgan fingerprint density at radius 2 is 1.75 bits per heavy atom. The molecule has 3 rings (SSSR count). The van der Waals surface area contributed by atoms with Gasteiger partial charge in [0, 0.05) is 12.7 Å². The van der Waals surface area contributed by atoms with Gasteiger partial charge in [0.2, 0.25) is 5.91 Å². The number of hydrogen-bond acceptors (Lipinski definition) is 10. The summed E-state index contributed by atoms with van der Waals surface area (Å²) < 4.78 is 20.7. The number of hydrogen-bond donors (Lipinski definition) is 3. The number of aromatic nitrogens is 1. The van der Waals surface area contributed by atoms with E-state index in [4.69, 9.17) is 14.0 Å². The quantitative estimate of drug-likeness (QED) is 0.254. The summed E-state index contributed by atoms with van der Waals surface area (Å²) >= 11 is 0. The number of aliphatic hydroxyl groups excluding tert-OH is 1. The zero-order valence-electron chi connectivity index (χ0n) is 23.0. The number of aliphatic hydroxyl groups is 1. The van der Waals surface area contributed by atoms with E-state index < -0.39 is 61.2 Å². The van der Waals surface area contributed by atoms with Crippen molar-refractivity contribution in [2.75, 3.05) is 14.2 Å². The first-order chi connectivity index (χ1) is 19.0. The molecule has 3 N–H and O–H groups in total. The van der Waals surface area contributed by atoms with E-state index >= 15 is 0 Å². The lowest BCUT2D eigenvalue weighted by molar-refractivity contribution is -0.162. The van der Waals surface area contributed by atoms with Crippen molar-refractivity contribution in [2.45, 2.75) is 57.5 Å². The maximum absolute atomic E-state index is 13.3. The number of pyridine rings is 1. The fraction of sp³-hybridized carbons (Fsp3) is 0.444. The summed E-state index contributed by atoms with van der Waals surface area (Å²) in [6, 6.07) is 12.8. The zero-order valence-corrected chi connectivity index (χ0v) is 23.0. The lowest BCUT2D eigenvalue weighted by Gasteiger charge is -2.26. The molecule has 0 spiro atoms. The molecule has 12 nitrogen and oxygen atoms in total. The second-order valence-corrected chi connectivity index (χ2v) is 9.75. The van der Waals surface area contributed by atoms with Crippen molar-refractivity contribution in [3.8, 4) is 11.3 Å². The van der Waals surface area contributed by atoms with Crippen LogP contribution in [-0.4, -0.2) is 85.5 Å². The van der Waals surface area contributed by atoms with Crippen LogP contribution in [0.3, 0.4) is 0 Å². The second-order valence-electron chi connectivity index (χ2n) is 9.75. The minimum atomic E-state index is -1.40. The van der Waals surface area contributed by atoms with Crippen molar-refractivity contribution in [3.63, 3.8) is 0 Å². The maximum Gasteiger partial charge on any atom is 0.552 e. The molecule has 13 heteroatoms. The average molecular weight is 555 g/mol. The van der Waals surface area contributed by atoms with Crippen LogP contribution in [-0.2, 0) is 33.2 Å². The number of carbonyl (C=O) groups is 4. The number of rotatable bonds is 12. The van der Waals surface area contributed by atoms with E-state index in [-0.39, 0.29) is 11.6 Å². The third-order valence-electron chi connectivity index (χ3n) is 6.19. The van der Waals surface area contributed by atoms with Crippen LogP contribution in [0.5, 0.6) is 0 Å². The number of benzene rings is 1. The molecule has 0 saturated carbocycles. The Bertz CT molecular complexity index is 1190. The van der Waals surface area contributed by atoms with E-state index in [0.29, 0.717) is 12.1 Å².